The Morgan fingerprint density at radius 2 is 0.762 bits per heavy atom. The van der Waals surface area contributed by atoms with E-state index in [-0.39, 0.29) is 0 Å². The summed E-state index contributed by atoms with van der Waals surface area (Å²) in [5.41, 5.74) is 10.3. The van der Waals surface area contributed by atoms with E-state index in [0.717, 1.165) is 34.2 Å². The van der Waals surface area contributed by atoms with Gasteiger partial charge in [0.05, 0.1) is 34.2 Å². The third-order valence-corrected chi connectivity index (χ3v) is 10.6. The van der Waals surface area contributed by atoms with Gasteiger partial charge in [0.2, 0.25) is 0 Å². The Morgan fingerprint density at radius 1 is 0.381 bits per heavy atom. The quantitative estimate of drug-likeness (QED) is 0.195. The predicted octanol–water partition coefficient (Wildman–Crippen LogP) is 8.07. The van der Waals surface area contributed by atoms with Gasteiger partial charge >= 0.3 is 0 Å². The van der Waals surface area contributed by atoms with E-state index in [4.69, 9.17) is 9.97 Å². The molecule has 0 saturated carbocycles. The molecule has 4 nitrogen and oxygen atoms in total. The molecular weight excluding hydrogens is 529 g/mol. The van der Waals surface area contributed by atoms with Crippen LogP contribution in [0.25, 0.3) is 44.3 Å². The predicted molar refractivity (Wildman–Crippen MR) is 174 cm³/mol. The van der Waals surface area contributed by atoms with Crippen LogP contribution >= 0.6 is 0 Å². The first-order valence-electron chi connectivity index (χ1n) is 14.1. The van der Waals surface area contributed by atoms with Crippen molar-refractivity contribution in [2.45, 2.75) is 6.55 Å². The lowest BCUT2D eigenvalue weighted by molar-refractivity contribution is 1.23. The Kier molecular flexibility index (Phi) is 6.92. The van der Waals surface area contributed by atoms with Crippen LogP contribution in [0.15, 0.2) is 146 Å². The monoisotopic (exact) mass is 556 g/mol. The molecule has 0 bridgehead atoms. The summed E-state index contributed by atoms with van der Waals surface area (Å²) in [6, 6.07) is 45.9. The molecule has 42 heavy (non-hydrogen) atoms. The lowest BCUT2D eigenvalue weighted by Gasteiger charge is -2.15. The van der Waals surface area contributed by atoms with E-state index in [1.54, 1.807) is 0 Å². The molecule has 2 aromatic carbocycles. The van der Waals surface area contributed by atoms with Crippen molar-refractivity contribution in [3.63, 3.8) is 0 Å². The normalized spacial score (nSPS) is 13.5. The van der Waals surface area contributed by atoms with Crippen molar-refractivity contribution in [1.29, 1.82) is 0 Å². The highest BCUT2D eigenvalue weighted by Gasteiger charge is 2.36. The van der Waals surface area contributed by atoms with Crippen LogP contribution in [0.2, 0.25) is 6.55 Å². The highest BCUT2D eigenvalue weighted by Crippen LogP contribution is 2.50. The van der Waals surface area contributed by atoms with Crippen LogP contribution in [0.1, 0.15) is 22.5 Å². The zero-order valence-electron chi connectivity index (χ0n) is 23.2. The largest absolute Gasteiger partial charge is 0.255 e. The number of nitrogens with zero attached hydrogens (tertiary/aromatic N) is 4. The summed E-state index contributed by atoms with van der Waals surface area (Å²) < 4.78 is 0. The molecule has 5 heteroatoms. The molecule has 0 saturated heterocycles. The second kappa shape index (κ2) is 11.3. The zero-order valence-corrected chi connectivity index (χ0v) is 24.4. The Balaban J connectivity index is 1.49. The molecule has 0 amide bonds. The number of aromatic nitrogens is 4. The Hall–Kier alpha value is -5.26. The smallest absolute Gasteiger partial charge is 0.107 e. The summed E-state index contributed by atoms with van der Waals surface area (Å²) in [7, 11) is -1.82. The van der Waals surface area contributed by atoms with Gasteiger partial charge in [-0.15, -0.1) is 0 Å². The standard InChI is InChI=1S/C37H28N4Si/c1-42-36(32-22-12-20-30(40-32)28-18-8-10-24-38-28)34(26-14-4-2-5-15-26)35(27-16-6-3-7-17-27)37(42)33-23-13-21-31(41-33)29-19-9-11-25-39-29/h2-25,42H,1H3. The van der Waals surface area contributed by atoms with Crippen LogP contribution in [0.4, 0.5) is 0 Å². The summed E-state index contributed by atoms with van der Waals surface area (Å²) in [6.07, 6.45) is 3.64. The first kappa shape index (κ1) is 25.7. The molecule has 5 heterocycles. The number of hydrogen-bond donors (Lipinski definition) is 0. The molecule has 0 atom stereocenters. The van der Waals surface area contributed by atoms with Gasteiger partial charge in [0.1, 0.15) is 8.80 Å². The zero-order chi connectivity index (χ0) is 28.3. The Morgan fingerprint density at radius 3 is 1.17 bits per heavy atom. The van der Waals surface area contributed by atoms with Crippen LogP contribution in [-0.2, 0) is 0 Å². The average molecular weight is 557 g/mol. The molecule has 1 aliphatic heterocycles. The molecule has 1 aliphatic rings. The SMILES string of the molecule is C[SiH]1C(c2cccc(-c3ccccn3)n2)=C(c2ccccc2)C(c2ccccc2)=C1c1cccc(-c2ccccn2)n1. The number of allylic oxidation sites excluding steroid dienone is 2. The van der Waals surface area contributed by atoms with Gasteiger partial charge in [-0.2, -0.15) is 0 Å². The van der Waals surface area contributed by atoms with Crippen molar-refractivity contribution in [3.05, 3.63) is 168 Å². The molecule has 0 radical (unpaired) electrons. The fraction of sp³-hybridized carbons (Fsp3) is 0.0270. The molecule has 0 N–H and O–H groups in total. The van der Waals surface area contributed by atoms with Crippen molar-refractivity contribution in [2.24, 2.45) is 0 Å². The fourth-order valence-corrected chi connectivity index (χ4v) is 8.82. The molecule has 6 aromatic rings. The van der Waals surface area contributed by atoms with Gasteiger partial charge in [0, 0.05) is 12.4 Å². The van der Waals surface area contributed by atoms with E-state index in [1.807, 2.05) is 60.9 Å². The number of hydrogen-bond acceptors (Lipinski definition) is 4. The first-order valence-corrected chi connectivity index (χ1v) is 16.5. The Bertz CT molecular complexity index is 1780. The molecule has 0 spiro atoms. The molecule has 0 fully saturated rings. The summed E-state index contributed by atoms with van der Waals surface area (Å²) in [5.74, 6) is 0. The van der Waals surface area contributed by atoms with E-state index in [1.165, 1.54) is 32.7 Å². The van der Waals surface area contributed by atoms with E-state index in [0.29, 0.717) is 0 Å². The van der Waals surface area contributed by atoms with Gasteiger partial charge in [-0.1, -0.05) is 91.5 Å². The highest BCUT2D eigenvalue weighted by atomic mass is 28.3. The topological polar surface area (TPSA) is 51.6 Å². The van der Waals surface area contributed by atoms with Gasteiger partial charge < -0.3 is 0 Å². The Labute approximate surface area is 247 Å². The van der Waals surface area contributed by atoms with Crippen LogP contribution in [0, 0.1) is 0 Å². The highest BCUT2D eigenvalue weighted by molar-refractivity contribution is 6.99. The van der Waals surface area contributed by atoms with Gasteiger partial charge in [-0.25, -0.2) is 9.97 Å². The van der Waals surface area contributed by atoms with Crippen molar-refractivity contribution in [2.75, 3.05) is 0 Å². The summed E-state index contributed by atoms with van der Waals surface area (Å²) in [4.78, 5) is 19.6. The van der Waals surface area contributed by atoms with Crippen molar-refractivity contribution >= 4 is 30.3 Å². The van der Waals surface area contributed by atoms with Crippen molar-refractivity contribution in [1.82, 2.24) is 19.9 Å². The van der Waals surface area contributed by atoms with Crippen LogP contribution < -0.4 is 0 Å². The molecule has 200 valence electrons. The summed E-state index contributed by atoms with van der Waals surface area (Å²) >= 11 is 0. The first-order chi connectivity index (χ1) is 20.8. The van der Waals surface area contributed by atoms with Crippen molar-refractivity contribution in [3.8, 4) is 22.8 Å². The minimum atomic E-state index is -1.82. The van der Waals surface area contributed by atoms with Crippen LogP contribution in [0.5, 0.6) is 0 Å². The van der Waals surface area contributed by atoms with Gasteiger partial charge in [0.25, 0.3) is 0 Å². The maximum absolute atomic E-state index is 5.23. The molecule has 7 rings (SSSR count). The second-order valence-electron chi connectivity index (χ2n) is 10.3. The van der Waals surface area contributed by atoms with Crippen molar-refractivity contribution < 1.29 is 0 Å². The lowest BCUT2D eigenvalue weighted by atomic mass is 9.90. The summed E-state index contributed by atoms with van der Waals surface area (Å²) in [5, 5.41) is 2.63. The third-order valence-electron chi connectivity index (χ3n) is 7.68. The van der Waals surface area contributed by atoms with E-state index in [9.17, 15) is 0 Å². The number of benzene rings is 2. The second-order valence-corrected chi connectivity index (χ2v) is 12.9. The van der Waals surface area contributed by atoms with Gasteiger partial charge in [-0.05, 0) is 81.2 Å². The fourth-order valence-electron chi connectivity index (χ4n) is 5.84. The third kappa shape index (κ3) is 4.80. The van der Waals surface area contributed by atoms with E-state index < -0.39 is 8.80 Å². The maximum atomic E-state index is 5.23. The average Bonchev–Trinajstić information content (AvgIpc) is 3.39. The van der Waals surface area contributed by atoms with Gasteiger partial charge in [0.15, 0.2) is 0 Å². The number of pyridine rings is 4. The molecule has 0 unspecified atom stereocenters. The lowest BCUT2D eigenvalue weighted by Crippen LogP contribution is -2.13. The van der Waals surface area contributed by atoms with Gasteiger partial charge in [-0.3, -0.25) is 9.97 Å². The molecule has 0 aliphatic carbocycles. The van der Waals surface area contributed by atoms with E-state index in [2.05, 4.69) is 101 Å². The molecular formula is C37H28N4Si. The minimum absolute atomic E-state index is 0.870. The van der Waals surface area contributed by atoms with Crippen LogP contribution in [0.3, 0.4) is 0 Å². The number of rotatable bonds is 6. The summed E-state index contributed by atoms with van der Waals surface area (Å²) in [6.45, 7) is 2.41. The maximum Gasteiger partial charge on any atom is 0.107 e. The minimum Gasteiger partial charge on any atom is -0.255 e. The van der Waals surface area contributed by atoms with Crippen LogP contribution in [-0.4, -0.2) is 28.7 Å². The molecule has 4 aromatic heterocycles. The van der Waals surface area contributed by atoms with E-state index >= 15 is 0 Å².